The van der Waals surface area contributed by atoms with Crippen LogP contribution in [0.5, 0.6) is 0 Å². The lowest BCUT2D eigenvalue weighted by Gasteiger charge is -2.02. The number of rotatable bonds is 0. The summed E-state index contributed by atoms with van der Waals surface area (Å²) in [7, 11) is 0. The van der Waals surface area contributed by atoms with Gasteiger partial charge in [0.2, 0.25) is 0 Å². The molecule has 1 nitrogen and oxygen atoms in total. The zero-order valence-corrected chi connectivity index (χ0v) is 8.93. The molecule has 0 saturated heterocycles. The highest BCUT2D eigenvalue weighted by Gasteiger charge is 2.03. The van der Waals surface area contributed by atoms with Crippen LogP contribution in [-0.4, -0.2) is 0 Å². The van der Waals surface area contributed by atoms with E-state index in [0.717, 1.165) is 6.42 Å². The molecule has 0 amide bonds. The van der Waals surface area contributed by atoms with Gasteiger partial charge in [0, 0.05) is 6.42 Å². The minimum absolute atomic E-state index is 1.14. The maximum absolute atomic E-state index is 5.53. The average molecular weight is 192 g/mol. The van der Waals surface area contributed by atoms with E-state index < -0.39 is 0 Å². The van der Waals surface area contributed by atoms with Crippen molar-refractivity contribution in [2.45, 2.75) is 57.8 Å². The van der Waals surface area contributed by atoms with E-state index in [4.69, 9.17) is 4.42 Å². The molecular formula is C13H20O. The summed E-state index contributed by atoms with van der Waals surface area (Å²) in [5.41, 5.74) is 1.40. The zero-order chi connectivity index (χ0) is 9.64. The van der Waals surface area contributed by atoms with Crippen LogP contribution >= 0.6 is 0 Å². The first kappa shape index (κ1) is 9.82. The number of furan rings is 1. The fourth-order valence-corrected chi connectivity index (χ4v) is 2.20. The first-order valence-corrected chi connectivity index (χ1v) is 6.01. The Balaban J connectivity index is 1.93. The predicted molar refractivity (Wildman–Crippen MR) is 58.4 cm³/mol. The smallest absolute Gasteiger partial charge is 0.104 e. The van der Waals surface area contributed by atoms with Crippen molar-refractivity contribution in [1.29, 1.82) is 0 Å². The van der Waals surface area contributed by atoms with Gasteiger partial charge in [0.1, 0.15) is 5.76 Å². The van der Waals surface area contributed by atoms with E-state index in [2.05, 4.69) is 6.07 Å². The molecule has 2 rings (SSSR count). The standard InChI is InChI=1S/C13H20O/c1-2-4-6-8-12-10-13(14-11-12)9-7-5-3-1/h10-11H,1-9H2. The summed E-state index contributed by atoms with van der Waals surface area (Å²) in [6, 6.07) is 2.25. The monoisotopic (exact) mass is 192 g/mol. The second kappa shape index (κ2) is 5.23. The average Bonchev–Trinajstić information content (AvgIpc) is 2.61. The van der Waals surface area contributed by atoms with Gasteiger partial charge < -0.3 is 4.42 Å². The highest BCUT2D eigenvalue weighted by molar-refractivity contribution is 5.13. The van der Waals surface area contributed by atoms with Crippen molar-refractivity contribution < 1.29 is 4.42 Å². The lowest BCUT2D eigenvalue weighted by Crippen LogP contribution is -1.88. The first-order valence-electron chi connectivity index (χ1n) is 6.01. The van der Waals surface area contributed by atoms with Crippen molar-refractivity contribution in [3.63, 3.8) is 0 Å². The Bertz CT molecular complexity index is 237. The van der Waals surface area contributed by atoms with E-state index in [-0.39, 0.29) is 0 Å². The van der Waals surface area contributed by atoms with Crippen molar-refractivity contribution >= 4 is 0 Å². The third-order valence-electron chi connectivity index (χ3n) is 3.10. The van der Waals surface area contributed by atoms with E-state index in [1.165, 1.54) is 62.7 Å². The van der Waals surface area contributed by atoms with Crippen LogP contribution in [-0.2, 0) is 12.8 Å². The lowest BCUT2D eigenvalue weighted by atomic mass is 10.0. The second-order valence-corrected chi connectivity index (χ2v) is 4.40. The van der Waals surface area contributed by atoms with Crippen molar-refractivity contribution in [3.05, 3.63) is 23.7 Å². The first-order chi connectivity index (χ1) is 6.95. The fourth-order valence-electron chi connectivity index (χ4n) is 2.20. The number of fused-ring (bicyclic) bond motifs is 2. The summed E-state index contributed by atoms with van der Waals surface area (Å²) >= 11 is 0. The molecule has 1 heteroatoms. The summed E-state index contributed by atoms with van der Waals surface area (Å²) in [5.74, 6) is 1.19. The fraction of sp³-hybridized carbons (Fsp3) is 0.692. The highest BCUT2D eigenvalue weighted by atomic mass is 16.3. The molecule has 1 aromatic heterocycles. The Morgan fingerprint density at radius 1 is 0.786 bits per heavy atom. The molecule has 1 aliphatic carbocycles. The van der Waals surface area contributed by atoms with Crippen molar-refractivity contribution in [3.8, 4) is 0 Å². The van der Waals surface area contributed by atoms with Gasteiger partial charge in [0.15, 0.2) is 0 Å². The SMILES string of the molecule is c1oc2cc1CCCCCCCCC2. The van der Waals surface area contributed by atoms with Crippen molar-refractivity contribution in [1.82, 2.24) is 0 Å². The van der Waals surface area contributed by atoms with Gasteiger partial charge in [-0.05, 0) is 30.9 Å². The van der Waals surface area contributed by atoms with Crippen LogP contribution in [0.3, 0.4) is 0 Å². The summed E-state index contributed by atoms with van der Waals surface area (Å²) in [4.78, 5) is 0. The maximum atomic E-state index is 5.53. The van der Waals surface area contributed by atoms with Crippen LogP contribution < -0.4 is 0 Å². The summed E-state index contributed by atoms with van der Waals surface area (Å²) < 4.78 is 5.53. The van der Waals surface area contributed by atoms with Gasteiger partial charge in [-0.2, -0.15) is 0 Å². The van der Waals surface area contributed by atoms with Crippen LogP contribution in [0.2, 0.25) is 0 Å². The molecule has 1 aliphatic rings. The molecule has 0 radical (unpaired) electrons. The van der Waals surface area contributed by atoms with Crippen LogP contribution in [0.4, 0.5) is 0 Å². The van der Waals surface area contributed by atoms with E-state index in [0.29, 0.717) is 0 Å². The van der Waals surface area contributed by atoms with Gasteiger partial charge in [-0.15, -0.1) is 0 Å². The van der Waals surface area contributed by atoms with Gasteiger partial charge >= 0.3 is 0 Å². The summed E-state index contributed by atoms with van der Waals surface area (Å²) in [5, 5.41) is 0. The van der Waals surface area contributed by atoms with E-state index in [1.54, 1.807) is 0 Å². The quantitative estimate of drug-likeness (QED) is 0.603. The number of aryl methyl sites for hydroxylation is 2. The second-order valence-electron chi connectivity index (χ2n) is 4.40. The van der Waals surface area contributed by atoms with Crippen LogP contribution in [0.1, 0.15) is 56.3 Å². The minimum atomic E-state index is 1.14. The Morgan fingerprint density at radius 3 is 2.21 bits per heavy atom. The Morgan fingerprint density at radius 2 is 1.43 bits per heavy atom. The molecule has 0 aliphatic heterocycles. The third kappa shape index (κ3) is 2.90. The topological polar surface area (TPSA) is 13.1 Å². The largest absolute Gasteiger partial charge is 0.469 e. The van der Waals surface area contributed by atoms with E-state index in [1.807, 2.05) is 6.26 Å². The Labute approximate surface area is 86.5 Å². The molecule has 0 atom stereocenters. The van der Waals surface area contributed by atoms with Gasteiger partial charge in [-0.3, -0.25) is 0 Å². The normalized spacial score (nSPS) is 19.7. The number of hydrogen-bond donors (Lipinski definition) is 0. The van der Waals surface area contributed by atoms with Crippen LogP contribution in [0, 0.1) is 0 Å². The highest BCUT2D eigenvalue weighted by Crippen LogP contribution is 2.17. The molecule has 78 valence electrons. The zero-order valence-electron chi connectivity index (χ0n) is 8.93. The van der Waals surface area contributed by atoms with Crippen molar-refractivity contribution in [2.24, 2.45) is 0 Å². The molecule has 0 aromatic carbocycles. The van der Waals surface area contributed by atoms with Crippen molar-refractivity contribution in [2.75, 3.05) is 0 Å². The summed E-state index contributed by atoms with van der Waals surface area (Å²) in [6.07, 6.45) is 14.0. The number of hydrogen-bond acceptors (Lipinski definition) is 1. The van der Waals surface area contributed by atoms with Gasteiger partial charge in [0.25, 0.3) is 0 Å². The molecule has 1 aromatic rings. The third-order valence-corrected chi connectivity index (χ3v) is 3.10. The van der Waals surface area contributed by atoms with Crippen LogP contribution in [0.25, 0.3) is 0 Å². The molecular weight excluding hydrogens is 172 g/mol. The maximum Gasteiger partial charge on any atom is 0.104 e. The van der Waals surface area contributed by atoms with Gasteiger partial charge in [-0.1, -0.05) is 32.1 Å². The van der Waals surface area contributed by atoms with Crippen LogP contribution in [0.15, 0.2) is 16.7 Å². The molecule has 0 unspecified atom stereocenters. The molecule has 14 heavy (non-hydrogen) atoms. The summed E-state index contributed by atoms with van der Waals surface area (Å²) in [6.45, 7) is 0. The Kier molecular flexibility index (Phi) is 3.67. The molecule has 1 heterocycles. The molecule has 2 bridgehead atoms. The molecule has 0 saturated carbocycles. The Hall–Kier alpha value is -0.720. The molecule has 0 spiro atoms. The molecule has 0 N–H and O–H groups in total. The lowest BCUT2D eigenvalue weighted by molar-refractivity contribution is 0.492. The van der Waals surface area contributed by atoms with Gasteiger partial charge in [-0.25, -0.2) is 0 Å². The van der Waals surface area contributed by atoms with Gasteiger partial charge in [0.05, 0.1) is 6.26 Å². The van der Waals surface area contributed by atoms with E-state index >= 15 is 0 Å². The molecule has 0 fully saturated rings. The predicted octanol–water partition coefficient (Wildman–Crippen LogP) is 4.11. The minimum Gasteiger partial charge on any atom is -0.469 e. The van der Waals surface area contributed by atoms with E-state index in [9.17, 15) is 0 Å².